The molecule has 38 heavy (non-hydrogen) atoms. The number of carboxylic acid groups (broad SMARTS) is 1. The standard InChI is InChI=1S/C26H25N3O7S2/c1-35-21-11-7-17(8-12-21)18-9-13-22(14-10-18)38(33,34)26(27,24(31)32)15-20(30)16-37-25-29-28-23(36-25)19-5-3-2-4-6-19/h2-14,20,30H,15-16,27H2,1H3,(H,31,32). The number of aromatic nitrogens is 2. The molecule has 0 fully saturated rings. The number of ether oxygens (including phenoxy) is 1. The third kappa shape index (κ3) is 5.73. The second-order valence-corrected chi connectivity index (χ2v) is 11.5. The summed E-state index contributed by atoms with van der Waals surface area (Å²) in [6.45, 7) is 0. The quantitative estimate of drug-likeness (QED) is 0.232. The Kier molecular flexibility index (Phi) is 8.17. The zero-order chi connectivity index (χ0) is 27.3. The molecule has 0 aliphatic rings. The topological polar surface area (TPSA) is 166 Å². The molecule has 0 bridgehead atoms. The van der Waals surface area contributed by atoms with E-state index in [1.165, 1.54) is 12.1 Å². The molecule has 0 aliphatic heterocycles. The number of thioether (sulfide) groups is 1. The van der Waals surface area contributed by atoms with Crippen molar-refractivity contribution in [3.8, 4) is 28.3 Å². The molecular weight excluding hydrogens is 530 g/mol. The van der Waals surface area contributed by atoms with Crippen LogP contribution < -0.4 is 10.5 Å². The number of methoxy groups -OCH3 is 1. The van der Waals surface area contributed by atoms with E-state index in [9.17, 15) is 23.4 Å². The van der Waals surface area contributed by atoms with Gasteiger partial charge in [-0.15, -0.1) is 10.2 Å². The van der Waals surface area contributed by atoms with Crippen LogP contribution in [0.4, 0.5) is 0 Å². The average Bonchev–Trinajstić information content (AvgIpc) is 3.41. The molecule has 0 saturated heterocycles. The molecule has 4 N–H and O–H groups in total. The molecule has 0 saturated carbocycles. The van der Waals surface area contributed by atoms with Gasteiger partial charge >= 0.3 is 5.97 Å². The van der Waals surface area contributed by atoms with Crippen molar-refractivity contribution < 1.29 is 32.6 Å². The van der Waals surface area contributed by atoms with E-state index in [1.54, 1.807) is 43.5 Å². The molecule has 198 valence electrons. The molecule has 3 aromatic carbocycles. The smallest absolute Gasteiger partial charge is 0.340 e. The van der Waals surface area contributed by atoms with Crippen LogP contribution in [0, 0.1) is 0 Å². The molecule has 1 heterocycles. The Labute approximate surface area is 223 Å². The maximum Gasteiger partial charge on any atom is 0.340 e. The van der Waals surface area contributed by atoms with Crippen LogP contribution in [0.25, 0.3) is 22.6 Å². The zero-order valence-electron chi connectivity index (χ0n) is 20.2. The van der Waals surface area contributed by atoms with Gasteiger partial charge in [-0.1, -0.05) is 54.2 Å². The number of hydrogen-bond acceptors (Lipinski definition) is 10. The lowest BCUT2D eigenvalue weighted by Crippen LogP contribution is -2.56. The van der Waals surface area contributed by atoms with Crippen molar-refractivity contribution in [2.24, 2.45) is 5.73 Å². The van der Waals surface area contributed by atoms with Crippen LogP contribution in [0.2, 0.25) is 0 Å². The van der Waals surface area contributed by atoms with E-state index in [0.717, 1.165) is 22.9 Å². The van der Waals surface area contributed by atoms with Crippen molar-refractivity contribution in [3.63, 3.8) is 0 Å². The van der Waals surface area contributed by atoms with Crippen LogP contribution in [0.5, 0.6) is 5.75 Å². The predicted octanol–water partition coefficient (Wildman–Crippen LogP) is 3.47. The minimum atomic E-state index is -4.58. The summed E-state index contributed by atoms with van der Waals surface area (Å²) < 4.78 is 37.3. The summed E-state index contributed by atoms with van der Waals surface area (Å²) in [6, 6.07) is 21.9. The van der Waals surface area contributed by atoms with E-state index in [2.05, 4.69) is 10.2 Å². The monoisotopic (exact) mass is 555 g/mol. The van der Waals surface area contributed by atoms with Gasteiger partial charge in [-0.25, -0.2) is 13.2 Å². The maximum atomic E-state index is 13.3. The number of benzene rings is 3. The average molecular weight is 556 g/mol. The molecule has 0 radical (unpaired) electrons. The number of nitrogens with two attached hydrogens (primary N) is 1. The molecular formula is C26H25N3O7S2. The summed E-state index contributed by atoms with van der Waals surface area (Å²) in [5.41, 5.74) is 8.20. The van der Waals surface area contributed by atoms with Crippen LogP contribution in [0.1, 0.15) is 6.42 Å². The van der Waals surface area contributed by atoms with Crippen LogP contribution >= 0.6 is 11.8 Å². The first-order chi connectivity index (χ1) is 18.1. The van der Waals surface area contributed by atoms with Gasteiger partial charge in [0.25, 0.3) is 5.22 Å². The molecule has 4 aromatic rings. The van der Waals surface area contributed by atoms with Crippen molar-refractivity contribution in [3.05, 3.63) is 78.9 Å². The van der Waals surface area contributed by atoms with Gasteiger partial charge in [0.05, 0.1) is 18.1 Å². The van der Waals surface area contributed by atoms with E-state index < -0.39 is 33.2 Å². The Morgan fingerprint density at radius 3 is 2.18 bits per heavy atom. The van der Waals surface area contributed by atoms with Gasteiger partial charge in [0.1, 0.15) is 5.75 Å². The highest BCUT2D eigenvalue weighted by atomic mass is 32.2. The van der Waals surface area contributed by atoms with E-state index in [0.29, 0.717) is 11.3 Å². The SMILES string of the molecule is COc1ccc(-c2ccc(S(=O)(=O)C(N)(CC(O)CSc3nnc(-c4ccccc4)o3)C(=O)O)cc2)cc1. The number of rotatable bonds is 11. The normalized spacial score (nSPS) is 14.0. The minimum absolute atomic E-state index is 0.116. The third-order valence-corrected chi connectivity index (χ3v) is 8.95. The molecule has 0 aliphatic carbocycles. The van der Waals surface area contributed by atoms with Crippen molar-refractivity contribution in [1.82, 2.24) is 10.2 Å². The zero-order valence-corrected chi connectivity index (χ0v) is 21.9. The first-order valence-electron chi connectivity index (χ1n) is 11.4. The van der Waals surface area contributed by atoms with Gasteiger partial charge in [-0.2, -0.15) is 0 Å². The van der Waals surface area contributed by atoms with Crippen LogP contribution in [-0.4, -0.2) is 58.6 Å². The summed E-state index contributed by atoms with van der Waals surface area (Å²) in [4.78, 5) is 9.05. The molecule has 12 heteroatoms. The maximum absolute atomic E-state index is 13.3. The number of sulfone groups is 1. The number of carbonyl (C=O) groups is 1. The first-order valence-corrected chi connectivity index (χ1v) is 13.8. The van der Waals surface area contributed by atoms with Crippen molar-refractivity contribution in [2.45, 2.75) is 27.5 Å². The van der Waals surface area contributed by atoms with Gasteiger partial charge < -0.3 is 25.1 Å². The third-order valence-electron chi connectivity index (χ3n) is 5.79. The van der Waals surface area contributed by atoms with Crippen molar-refractivity contribution >= 4 is 27.6 Å². The Balaban J connectivity index is 1.46. The molecule has 1 aromatic heterocycles. The first kappa shape index (κ1) is 27.3. The van der Waals surface area contributed by atoms with Crippen LogP contribution in [0.3, 0.4) is 0 Å². The Morgan fingerprint density at radius 1 is 1.00 bits per heavy atom. The Bertz CT molecular complexity index is 1490. The highest BCUT2D eigenvalue weighted by Gasteiger charge is 2.49. The fourth-order valence-electron chi connectivity index (χ4n) is 3.67. The highest BCUT2D eigenvalue weighted by molar-refractivity contribution is 7.99. The summed E-state index contributed by atoms with van der Waals surface area (Å²) in [5.74, 6) is -0.934. The summed E-state index contributed by atoms with van der Waals surface area (Å²) in [6.07, 6.45) is -2.15. The van der Waals surface area contributed by atoms with Gasteiger partial charge in [0.2, 0.25) is 20.6 Å². The lowest BCUT2D eigenvalue weighted by atomic mass is 10.1. The van der Waals surface area contributed by atoms with Crippen LogP contribution in [0.15, 0.2) is 93.4 Å². The minimum Gasteiger partial charge on any atom is -0.497 e. The number of hydrogen-bond donors (Lipinski definition) is 3. The largest absolute Gasteiger partial charge is 0.497 e. The summed E-state index contributed by atoms with van der Waals surface area (Å²) in [5, 5.41) is 28.3. The second kappa shape index (κ2) is 11.4. The van der Waals surface area contributed by atoms with Gasteiger partial charge in [-0.05, 0) is 47.5 Å². The van der Waals surface area contributed by atoms with E-state index in [4.69, 9.17) is 14.9 Å². The molecule has 2 atom stereocenters. The Hall–Kier alpha value is -3.71. The lowest BCUT2D eigenvalue weighted by molar-refractivity contribution is -0.140. The molecule has 10 nitrogen and oxygen atoms in total. The molecule has 2 unspecified atom stereocenters. The predicted molar refractivity (Wildman–Crippen MR) is 141 cm³/mol. The van der Waals surface area contributed by atoms with E-state index >= 15 is 0 Å². The van der Waals surface area contributed by atoms with Crippen LogP contribution in [-0.2, 0) is 14.6 Å². The second-order valence-electron chi connectivity index (χ2n) is 8.36. The fourth-order valence-corrected chi connectivity index (χ4v) is 5.92. The highest BCUT2D eigenvalue weighted by Crippen LogP contribution is 2.31. The van der Waals surface area contributed by atoms with E-state index in [1.807, 2.05) is 30.3 Å². The van der Waals surface area contributed by atoms with Gasteiger partial charge in [0.15, 0.2) is 0 Å². The van der Waals surface area contributed by atoms with Crippen molar-refractivity contribution in [1.29, 1.82) is 0 Å². The number of nitrogens with zero attached hydrogens (tertiary/aromatic N) is 2. The van der Waals surface area contributed by atoms with Gasteiger partial charge in [-0.3, -0.25) is 0 Å². The Morgan fingerprint density at radius 2 is 1.61 bits per heavy atom. The van der Waals surface area contributed by atoms with Crippen molar-refractivity contribution in [2.75, 3.05) is 12.9 Å². The number of aliphatic hydroxyl groups excluding tert-OH is 1. The summed E-state index contributed by atoms with van der Waals surface area (Å²) in [7, 11) is -3.03. The van der Waals surface area contributed by atoms with Gasteiger partial charge in [0, 0.05) is 17.7 Å². The molecule has 4 rings (SSSR count). The summed E-state index contributed by atoms with van der Waals surface area (Å²) >= 11 is 0.962. The number of aliphatic carboxylic acids is 1. The van der Waals surface area contributed by atoms with E-state index in [-0.39, 0.29) is 21.8 Å². The molecule has 0 spiro atoms. The molecule has 0 amide bonds. The lowest BCUT2D eigenvalue weighted by Gasteiger charge is -2.27. The number of carboxylic acids is 1. The number of aliphatic hydroxyl groups is 1. The fraction of sp³-hybridized carbons (Fsp3) is 0.192.